The van der Waals surface area contributed by atoms with Crippen LogP contribution in [0.15, 0.2) is 54.6 Å². The summed E-state index contributed by atoms with van der Waals surface area (Å²) in [7, 11) is 5.86. The molecular formula is C25H32N2O3. The molecule has 0 radical (unpaired) electrons. The van der Waals surface area contributed by atoms with Crippen LogP contribution in [0.1, 0.15) is 35.2 Å². The maximum Gasteiger partial charge on any atom is 0.253 e. The Bertz CT molecular complexity index is 887. The minimum atomic E-state index is -0.125. The quantitative estimate of drug-likeness (QED) is 0.841. The fraction of sp³-hybridized carbons (Fsp3) is 0.480. The van der Waals surface area contributed by atoms with Crippen LogP contribution in [0.5, 0.6) is 5.75 Å². The number of ether oxygens (including phenoxy) is 1. The number of fused-ring (bicyclic) bond motifs is 1. The molecule has 2 aromatic carbocycles. The molecule has 4 unspecified atom stereocenters. The lowest BCUT2D eigenvalue weighted by Crippen LogP contribution is -2.61. The van der Waals surface area contributed by atoms with Crippen LogP contribution in [0.25, 0.3) is 0 Å². The van der Waals surface area contributed by atoms with E-state index in [1.807, 2.05) is 54.4 Å². The Hall–Kier alpha value is -2.37. The van der Waals surface area contributed by atoms with Crippen LogP contribution in [0.4, 0.5) is 0 Å². The van der Waals surface area contributed by atoms with Crippen molar-refractivity contribution in [3.8, 4) is 5.75 Å². The fourth-order valence-electron chi connectivity index (χ4n) is 5.64. The van der Waals surface area contributed by atoms with Crippen LogP contribution >= 0.6 is 0 Å². The van der Waals surface area contributed by atoms with Crippen LogP contribution in [-0.4, -0.2) is 67.3 Å². The molecule has 2 aliphatic rings. The minimum absolute atomic E-state index is 0.0490. The van der Waals surface area contributed by atoms with Crippen molar-refractivity contribution in [1.82, 2.24) is 9.80 Å². The molecule has 1 saturated heterocycles. The topological polar surface area (TPSA) is 53.0 Å². The number of phenolic OH excluding ortho intramolecular Hbond substituents is 1. The smallest absolute Gasteiger partial charge is 0.253 e. The Kier molecular flexibility index (Phi) is 5.85. The van der Waals surface area contributed by atoms with Crippen molar-refractivity contribution in [1.29, 1.82) is 0 Å². The van der Waals surface area contributed by atoms with Crippen molar-refractivity contribution in [3.05, 3.63) is 65.7 Å². The van der Waals surface area contributed by atoms with Gasteiger partial charge in [0.05, 0.1) is 6.10 Å². The standard InChI is InChI=1S/C25H32N2O3/c1-26-13-12-25(19-10-7-11-21(28)14-19)16-20(15-23(30-3)22(25)17-26)27(2)24(29)18-8-5-4-6-9-18/h4-11,14,20,22-23,28H,12-13,15-17H2,1-3H3. The SMILES string of the molecule is COC1CC(N(C)C(=O)c2ccccc2)CC2(c3cccc(O)c3)CCN(C)CC12. The first-order valence-corrected chi connectivity index (χ1v) is 10.8. The highest BCUT2D eigenvalue weighted by atomic mass is 16.5. The summed E-state index contributed by atoms with van der Waals surface area (Å²) in [6, 6.07) is 17.3. The molecule has 1 aliphatic heterocycles. The zero-order valence-electron chi connectivity index (χ0n) is 18.1. The van der Waals surface area contributed by atoms with Crippen molar-refractivity contribution in [3.63, 3.8) is 0 Å². The second-order valence-electron chi connectivity index (χ2n) is 8.98. The molecule has 2 fully saturated rings. The van der Waals surface area contributed by atoms with E-state index in [0.717, 1.165) is 37.9 Å². The fourth-order valence-corrected chi connectivity index (χ4v) is 5.64. The van der Waals surface area contributed by atoms with Gasteiger partial charge in [-0.3, -0.25) is 4.79 Å². The van der Waals surface area contributed by atoms with Gasteiger partial charge in [-0.15, -0.1) is 0 Å². The number of hydrogen-bond acceptors (Lipinski definition) is 4. The Morgan fingerprint density at radius 3 is 2.67 bits per heavy atom. The lowest BCUT2D eigenvalue weighted by Gasteiger charge is -2.56. The normalized spacial score (nSPS) is 29.2. The molecule has 160 valence electrons. The van der Waals surface area contributed by atoms with Crippen molar-refractivity contribution >= 4 is 5.91 Å². The van der Waals surface area contributed by atoms with Gasteiger partial charge >= 0.3 is 0 Å². The van der Waals surface area contributed by atoms with E-state index in [9.17, 15) is 9.90 Å². The first-order valence-electron chi connectivity index (χ1n) is 10.8. The van der Waals surface area contributed by atoms with Gasteiger partial charge in [0.1, 0.15) is 5.75 Å². The molecule has 1 saturated carbocycles. The first kappa shape index (κ1) is 20.9. The maximum atomic E-state index is 13.2. The predicted octanol–water partition coefficient (Wildman–Crippen LogP) is 3.53. The van der Waals surface area contributed by atoms with Crippen LogP contribution in [0, 0.1) is 5.92 Å². The van der Waals surface area contributed by atoms with E-state index < -0.39 is 0 Å². The van der Waals surface area contributed by atoms with Crippen molar-refractivity contribution < 1.29 is 14.6 Å². The van der Waals surface area contributed by atoms with Crippen LogP contribution < -0.4 is 0 Å². The molecule has 4 atom stereocenters. The number of piperidine rings is 1. The van der Waals surface area contributed by atoms with Crippen LogP contribution in [0.2, 0.25) is 0 Å². The highest BCUT2D eigenvalue weighted by Gasteiger charge is 2.53. The minimum Gasteiger partial charge on any atom is -0.508 e. The number of amides is 1. The molecule has 2 aromatic rings. The summed E-state index contributed by atoms with van der Waals surface area (Å²) in [5, 5.41) is 10.2. The number of phenols is 1. The molecule has 0 bridgehead atoms. The third-order valence-corrected chi connectivity index (χ3v) is 7.32. The molecule has 30 heavy (non-hydrogen) atoms. The number of aromatic hydroxyl groups is 1. The molecular weight excluding hydrogens is 376 g/mol. The lowest BCUT2D eigenvalue weighted by atomic mass is 9.56. The Morgan fingerprint density at radius 2 is 1.97 bits per heavy atom. The van der Waals surface area contributed by atoms with Gasteiger partial charge in [-0.05, 0) is 62.7 Å². The molecule has 1 amide bonds. The lowest BCUT2D eigenvalue weighted by molar-refractivity contribution is -0.0751. The summed E-state index contributed by atoms with van der Waals surface area (Å²) >= 11 is 0. The van der Waals surface area contributed by atoms with Gasteiger partial charge in [-0.1, -0.05) is 30.3 Å². The Morgan fingerprint density at radius 1 is 1.20 bits per heavy atom. The monoisotopic (exact) mass is 408 g/mol. The van der Waals surface area contributed by atoms with Crippen LogP contribution in [-0.2, 0) is 10.2 Å². The van der Waals surface area contributed by atoms with Gasteiger partial charge < -0.3 is 19.6 Å². The third-order valence-electron chi connectivity index (χ3n) is 7.32. The summed E-state index contributed by atoms with van der Waals surface area (Å²) in [5.41, 5.74) is 1.75. The summed E-state index contributed by atoms with van der Waals surface area (Å²) in [6.45, 7) is 1.95. The number of carbonyl (C=O) groups is 1. The highest BCUT2D eigenvalue weighted by molar-refractivity contribution is 5.94. The number of rotatable bonds is 4. The number of hydrogen-bond donors (Lipinski definition) is 1. The number of likely N-dealkylation sites (tertiary alicyclic amines) is 1. The molecule has 1 aliphatic carbocycles. The van der Waals surface area contributed by atoms with E-state index in [1.165, 1.54) is 0 Å². The van der Waals surface area contributed by atoms with E-state index in [-0.39, 0.29) is 23.5 Å². The Balaban J connectivity index is 1.71. The van der Waals surface area contributed by atoms with E-state index in [2.05, 4.69) is 18.0 Å². The molecule has 0 aromatic heterocycles. The van der Waals surface area contributed by atoms with E-state index in [1.54, 1.807) is 13.2 Å². The maximum absolute atomic E-state index is 13.2. The van der Waals surface area contributed by atoms with E-state index in [4.69, 9.17) is 4.74 Å². The van der Waals surface area contributed by atoms with Gasteiger partial charge in [0.2, 0.25) is 0 Å². The van der Waals surface area contributed by atoms with E-state index >= 15 is 0 Å². The van der Waals surface area contributed by atoms with Crippen molar-refractivity contribution in [2.75, 3.05) is 34.3 Å². The summed E-state index contributed by atoms with van der Waals surface area (Å²) in [6.07, 6.45) is 2.75. The molecule has 1 N–H and O–H groups in total. The second-order valence-corrected chi connectivity index (χ2v) is 8.98. The van der Waals surface area contributed by atoms with Crippen molar-refractivity contribution in [2.45, 2.75) is 36.8 Å². The molecule has 1 heterocycles. The highest BCUT2D eigenvalue weighted by Crippen LogP contribution is 2.51. The average molecular weight is 409 g/mol. The molecule has 0 spiro atoms. The number of benzene rings is 2. The zero-order valence-corrected chi connectivity index (χ0v) is 18.1. The zero-order chi connectivity index (χ0) is 21.3. The number of methoxy groups -OCH3 is 1. The third kappa shape index (κ3) is 3.72. The molecule has 4 rings (SSSR count). The van der Waals surface area contributed by atoms with Gasteiger partial charge in [-0.25, -0.2) is 0 Å². The molecule has 5 nitrogen and oxygen atoms in total. The van der Waals surface area contributed by atoms with E-state index in [0.29, 0.717) is 17.2 Å². The largest absolute Gasteiger partial charge is 0.508 e. The average Bonchev–Trinajstić information content (AvgIpc) is 2.78. The van der Waals surface area contributed by atoms with Gasteiger partial charge in [0.25, 0.3) is 5.91 Å². The first-order chi connectivity index (χ1) is 14.4. The van der Waals surface area contributed by atoms with Crippen LogP contribution in [0.3, 0.4) is 0 Å². The van der Waals surface area contributed by atoms with Gasteiger partial charge in [0, 0.05) is 43.6 Å². The second kappa shape index (κ2) is 8.40. The molecule has 5 heteroatoms. The summed E-state index contributed by atoms with van der Waals surface area (Å²) in [4.78, 5) is 17.5. The number of carbonyl (C=O) groups excluding carboxylic acids is 1. The number of nitrogens with zero attached hydrogens (tertiary/aromatic N) is 2. The van der Waals surface area contributed by atoms with Crippen molar-refractivity contribution in [2.24, 2.45) is 5.92 Å². The predicted molar refractivity (Wildman–Crippen MR) is 118 cm³/mol. The summed E-state index contributed by atoms with van der Waals surface area (Å²) < 4.78 is 6.02. The van der Waals surface area contributed by atoms with Gasteiger partial charge in [-0.2, -0.15) is 0 Å². The summed E-state index contributed by atoms with van der Waals surface area (Å²) in [5.74, 6) is 0.664. The Labute approximate surface area is 179 Å². The van der Waals surface area contributed by atoms with Gasteiger partial charge in [0.15, 0.2) is 0 Å².